The Balaban J connectivity index is 2.56. The molecule has 0 aliphatic carbocycles. The van der Waals surface area contributed by atoms with Crippen molar-refractivity contribution in [2.75, 3.05) is 13.2 Å². The van der Waals surface area contributed by atoms with Crippen molar-refractivity contribution in [3.05, 3.63) is 18.2 Å². The summed E-state index contributed by atoms with van der Waals surface area (Å²) in [7, 11) is 0. The highest BCUT2D eigenvalue weighted by molar-refractivity contribution is 7.80. The number of aliphatic hydroxyl groups is 1. The third-order valence-corrected chi connectivity index (χ3v) is 2.71. The summed E-state index contributed by atoms with van der Waals surface area (Å²) < 4.78 is 10.8. The highest BCUT2D eigenvalue weighted by Gasteiger charge is 2.09. The van der Waals surface area contributed by atoms with E-state index in [1.165, 1.54) is 5.48 Å². The lowest BCUT2D eigenvalue weighted by molar-refractivity contribution is -0.129. The first kappa shape index (κ1) is 17.5. The Labute approximate surface area is 127 Å². The standard InChI is InChI=1S/C12H18N2O6S/c15-11(13-17)3-5-19-9-2-1-8(21)7-10(9)20-6-4-12(16)14-18/h1-2,7,11,13,15,17-18,21H,3-6H2,(H,14,16). The van der Waals surface area contributed by atoms with Gasteiger partial charge < -0.3 is 19.8 Å². The molecule has 0 aliphatic rings. The van der Waals surface area contributed by atoms with Crippen LogP contribution in [0.4, 0.5) is 0 Å². The lowest BCUT2D eigenvalue weighted by Gasteiger charge is -2.14. The van der Waals surface area contributed by atoms with E-state index >= 15 is 0 Å². The second-order valence-corrected chi connectivity index (χ2v) is 4.56. The molecule has 118 valence electrons. The molecule has 0 radical (unpaired) electrons. The van der Waals surface area contributed by atoms with E-state index in [-0.39, 0.29) is 26.1 Å². The van der Waals surface area contributed by atoms with Gasteiger partial charge >= 0.3 is 0 Å². The highest BCUT2D eigenvalue weighted by Crippen LogP contribution is 2.30. The fourth-order valence-electron chi connectivity index (χ4n) is 1.38. The number of hydrogen-bond acceptors (Lipinski definition) is 8. The topological polar surface area (TPSA) is 120 Å². The van der Waals surface area contributed by atoms with Crippen LogP contribution in [0.1, 0.15) is 12.8 Å². The van der Waals surface area contributed by atoms with Gasteiger partial charge in [-0.15, -0.1) is 12.6 Å². The van der Waals surface area contributed by atoms with E-state index in [0.29, 0.717) is 16.4 Å². The van der Waals surface area contributed by atoms with Gasteiger partial charge in [0.1, 0.15) is 6.23 Å². The molecule has 1 atom stereocenters. The van der Waals surface area contributed by atoms with Crippen molar-refractivity contribution < 1.29 is 29.8 Å². The van der Waals surface area contributed by atoms with Crippen molar-refractivity contribution in [3.8, 4) is 11.5 Å². The van der Waals surface area contributed by atoms with Crippen LogP contribution in [0.2, 0.25) is 0 Å². The van der Waals surface area contributed by atoms with E-state index in [1.54, 1.807) is 23.7 Å². The van der Waals surface area contributed by atoms with Crippen LogP contribution >= 0.6 is 12.6 Å². The molecule has 0 saturated carbocycles. The maximum absolute atomic E-state index is 10.9. The molecule has 21 heavy (non-hydrogen) atoms. The van der Waals surface area contributed by atoms with Crippen molar-refractivity contribution in [1.29, 1.82) is 0 Å². The lowest BCUT2D eigenvalue weighted by Crippen LogP contribution is -2.27. The van der Waals surface area contributed by atoms with Crippen LogP contribution in [0.3, 0.4) is 0 Å². The minimum absolute atomic E-state index is 0.0140. The third kappa shape index (κ3) is 6.65. The molecule has 0 aromatic heterocycles. The number of ether oxygens (including phenoxy) is 2. The van der Waals surface area contributed by atoms with E-state index in [1.807, 2.05) is 0 Å². The number of carbonyl (C=O) groups is 1. The van der Waals surface area contributed by atoms with Gasteiger partial charge in [-0.2, -0.15) is 5.48 Å². The van der Waals surface area contributed by atoms with Crippen molar-refractivity contribution in [3.63, 3.8) is 0 Å². The quantitative estimate of drug-likeness (QED) is 0.168. The molecule has 1 unspecified atom stereocenters. The Kier molecular flexibility index (Phi) is 7.87. The van der Waals surface area contributed by atoms with E-state index in [9.17, 15) is 4.79 Å². The summed E-state index contributed by atoms with van der Waals surface area (Å²) in [4.78, 5) is 11.5. The van der Waals surface area contributed by atoms with Crippen LogP contribution in [0, 0.1) is 0 Å². The van der Waals surface area contributed by atoms with Crippen LogP contribution in [0.25, 0.3) is 0 Å². The summed E-state index contributed by atoms with van der Waals surface area (Å²) >= 11 is 4.18. The van der Waals surface area contributed by atoms with E-state index in [2.05, 4.69) is 12.6 Å². The molecule has 1 aromatic carbocycles. The fourth-order valence-corrected chi connectivity index (χ4v) is 1.58. The van der Waals surface area contributed by atoms with Crippen LogP contribution in [0.5, 0.6) is 11.5 Å². The molecular weight excluding hydrogens is 300 g/mol. The molecule has 1 rings (SSSR count). The molecule has 0 saturated heterocycles. The monoisotopic (exact) mass is 318 g/mol. The van der Waals surface area contributed by atoms with Crippen molar-refractivity contribution in [2.24, 2.45) is 0 Å². The predicted octanol–water partition coefficient (Wildman–Crippen LogP) is 0.316. The molecule has 1 aromatic rings. The van der Waals surface area contributed by atoms with Gasteiger partial charge in [-0.05, 0) is 18.2 Å². The van der Waals surface area contributed by atoms with Crippen molar-refractivity contribution in [1.82, 2.24) is 11.0 Å². The number of rotatable bonds is 9. The number of carbonyl (C=O) groups excluding carboxylic acids is 1. The molecule has 5 N–H and O–H groups in total. The van der Waals surface area contributed by atoms with Gasteiger partial charge in [0.05, 0.1) is 19.6 Å². The van der Waals surface area contributed by atoms with Gasteiger partial charge in [0.15, 0.2) is 11.5 Å². The van der Waals surface area contributed by atoms with Gasteiger partial charge in [0, 0.05) is 11.3 Å². The first-order chi connectivity index (χ1) is 10.1. The maximum Gasteiger partial charge on any atom is 0.246 e. The largest absolute Gasteiger partial charge is 0.490 e. The van der Waals surface area contributed by atoms with Gasteiger partial charge in [0.25, 0.3) is 0 Å². The Morgan fingerprint density at radius 1 is 1.24 bits per heavy atom. The first-order valence-electron chi connectivity index (χ1n) is 6.16. The zero-order chi connectivity index (χ0) is 15.7. The van der Waals surface area contributed by atoms with E-state index < -0.39 is 12.1 Å². The Hall–Kier alpha value is -1.52. The minimum Gasteiger partial charge on any atom is -0.490 e. The zero-order valence-corrected chi connectivity index (χ0v) is 12.0. The molecule has 0 fully saturated rings. The van der Waals surface area contributed by atoms with E-state index in [4.69, 9.17) is 25.0 Å². The Morgan fingerprint density at radius 2 is 1.95 bits per heavy atom. The van der Waals surface area contributed by atoms with Gasteiger partial charge in [-0.3, -0.25) is 10.0 Å². The number of nitrogens with one attached hydrogen (secondary N) is 2. The van der Waals surface area contributed by atoms with Crippen molar-refractivity contribution >= 4 is 18.5 Å². The normalized spacial score (nSPS) is 11.8. The minimum atomic E-state index is -1.08. The third-order valence-electron chi connectivity index (χ3n) is 2.44. The van der Waals surface area contributed by atoms with Gasteiger partial charge in [-0.25, -0.2) is 5.48 Å². The Bertz CT molecular complexity index is 459. The molecule has 0 aliphatic heterocycles. The van der Waals surface area contributed by atoms with Crippen LogP contribution in [-0.4, -0.2) is 40.9 Å². The molecule has 8 nitrogen and oxygen atoms in total. The van der Waals surface area contributed by atoms with Gasteiger partial charge in [0.2, 0.25) is 5.91 Å². The van der Waals surface area contributed by atoms with Crippen LogP contribution in [-0.2, 0) is 4.79 Å². The smallest absolute Gasteiger partial charge is 0.246 e. The number of aliphatic hydroxyl groups excluding tert-OH is 1. The van der Waals surface area contributed by atoms with E-state index in [0.717, 1.165) is 0 Å². The molecule has 0 heterocycles. The molecule has 0 bridgehead atoms. The first-order valence-corrected chi connectivity index (χ1v) is 6.60. The van der Waals surface area contributed by atoms with Gasteiger partial charge in [-0.1, -0.05) is 0 Å². The summed E-state index contributed by atoms with van der Waals surface area (Å²) in [6.45, 7) is 0.203. The summed E-state index contributed by atoms with van der Waals surface area (Å²) in [5.74, 6) is 0.249. The second-order valence-electron chi connectivity index (χ2n) is 4.05. The SMILES string of the molecule is O=C(CCOc1cc(S)ccc1OCCC(O)NO)NO. The molecule has 0 spiro atoms. The molecular formula is C12H18N2O6S. The number of benzene rings is 1. The maximum atomic E-state index is 10.9. The van der Waals surface area contributed by atoms with Crippen LogP contribution < -0.4 is 20.4 Å². The van der Waals surface area contributed by atoms with Crippen molar-refractivity contribution in [2.45, 2.75) is 24.0 Å². The average molecular weight is 318 g/mol. The summed E-state index contributed by atoms with van der Waals surface area (Å²) in [5, 5.41) is 26.0. The zero-order valence-electron chi connectivity index (χ0n) is 11.2. The number of amides is 1. The molecule has 9 heteroatoms. The lowest BCUT2D eigenvalue weighted by atomic mass is 10.3. The second kappa shape index (κ2) is 9.42. The highest BCUT2D eigenvalue weighted by atomic mass is 32.1. The fraction of sp³-hybridized carbons (Fsp3) is 0.417. The Morgan fingerprint density at radius 3 is 2.62 bits per heavy atom. The number of hydrogen-bond donors (Lipinski definition) is 6. The summed E-state index contributed by atoms with van der Waals surface area (Å²) in [6, 6.07) is 4.96. The average Bonchev–Trinajstić information content (AvgIpc) is 2.48. The number of hydroxylamine groups is 2. The number of thiol groups is 1. The molecule has 1 amide bonds. The summed E-state index contributed by atoms with van der Waals surface area (Å²) in [6.07, 6.45) is -0.919. The predicted molar refractivity (Wildman–Crippen MR) is 74.8 cm³/mol. The summed E-state index contributed by atoms with van der Waals surface area (Å²) in [5.41, 5.74) is 3.20. The van der Waals surface area contributed by atoms with Crippen LogP contribution in [0.15, 0.2) is 23.1 Å².